The summed E-state index contributed by atoms with van der Waals surface area (Å²) < 4.78 is 0. The first-order valence-corrected chi connectivity index (χ1v) is 16.2. The quantitative estimate of drug-likeness (QED) is 0.247. The molecule has 2 aromatic carbocycles. The zero-order chi connectivity index (χ0) is 29.3. The molecule has 1 fully saturated rings. The van der Waals surface area contributed by atoms with Gasteiger partial charge in [0.05, 0.1) is 5.52 Å². The van der Waals surface area contributed by atoms with Gasteiger partial charge in [-0.1, -0.05) is 118 Å². The molecule has 0 unspecified atom stereocenters. The van der Waals surface area contributed by atoms with E-state index < -0.39 is 0 Å². The predicted molar refractivity (Wildman–Crippen MR) is 183 cm³/mol. The molecule has 0 aliphatic heterocycles. The minimum atomic E-state index is 0.188. The molecule has 3 aromatic rings. The first-order chi connectivity index (χ1) is 19.7. The SMILES string of the molecule is CC(C)(C)c1ccccc1CCCC1=CC(/C=C/Cc2ccc3ccc(Cl)cc3n2)=CC=CC1.CCC1(CS)CC1. The number of halogens is 1. The number of rotatable bonds is 9. The lowest BCUT2D eigenvalue weighted by molar-refractivity contribution is 0.564. The molecule has 0 N–H and O–H groups in total. The molecule has 1 nitrogen and oxygen atoms in total. The monoisotopic (exact) mass is 583 g/mol. The molecule has 2 aliphatic rings. The van der Waals surface area contributed by atoms with Crippen LogP contribution in [-0.2, 0) is 18.3 Å². The van der Waals surface area contributed by atoms with E-state index in [1.165, 1.54) is 48.0 Å². The van der Waals surface area contributed by atoms with Crippen molar-refractivity contribution in [3.63, 3.8) is 0 Å². The van der Waals surface area contributed by atoms with Crippen LogP contribution in [0.5, 0.6) is 0 Å². The van der Waals surface area contributed by atoms with Crippen LogP contribution >= 0.6 is 24.2 Å². The Morgan fingerprint density at radius 1 is 1.02 bits per heavy atom. The first-order valence-electron chi connectivity index (χ1n) is 15.2. The number of hydrogen-bond donors (Lipinski definition) is 1. The summed E-state index contributed by atoms with van der Waals surface area (Å²) >= 11 is 10.4. The summed E-state index contributed by atoms with van der Waals surface area (Å²) in [5.41, 5.74) is 8.59. The van der Waals surface area contributed by atoms with Crippen LogP contribution in [0.4, 0.5) is 0 Å². The normalized spacial score (nSPS) is 16.1. The number of aryl methyl sites for hydroxylation is 1. The highest BCUT2D eigenvalue weighted by atomic mass is 35.5. The van der Waals surface area contributed by atoms with E-state index in [1.807, 2.05) is 18.2 Å². The third-order valence-corrected chi connectivity index (χ3v) is 9.24. The number of allylic oxidation sites excluding steroid dienone is 8. The number of fused-ring (bicyclic) bond motifs is 1. The Morgan fingerprint density at radius 3 is 2.51 bits per heavy atom. The maximum absolute atomic E-state index is 6.13. The molecule has 0 saturated heterocycles. The second kappa shape index (κ2) is 14.6. The maximum Gasteiger partial charge on any atom is 0.0720 e. The van der Waals surface area contributed by atoms with Crippen molar-refractivity contribution in [2.75, 3.05) is 5.75 Å². The van der Waals surface area contributed by atoms with Crippen molar-refractivity contribution in [2.24, 2.45) is 5.41 Å². The molecule has 216 valence electrons. The van der Waals surface area contributed by atoms with Gasteiger partial charge >= 0.3 is 0 Å². The van der Waals surface area contributed by atoms with Crippen LogP contribution in [-0.4, -0.2) is 10.7 Å². The molecule has 1 aromatic heterocycles. The zero-order valence-electron chi connectivity index (χ0n) is 25.3. The Hall–Kier alpha value is -2.55. The number of thiol groups is 1. The van der Waals surface area contributed by atoms with Crippen molar-refractivity contribution in [1.82, 2.24) is 4.98 Å². The lowest BCUT2D eigenvalue weighted by Gasteiger charge is -2.23. The van der Waals surface area contributed by atoms with Crippen LogP contribution in [0.2, 0.25) is 5.02 Å². The zero-order valence-corrected chi connectivity index (χ0v) is 26.9. The summed E-state index contributed by atoms with van der Waals surface area (Å²) in [6.07, 6.45) is 22.9. The van der Waals surface area contributed by atoms with E-state index in [9.17, 15) is 0 Å². The van der Waals surface area contributed by atoms with Gasteiger partial charge in [-0.3, -0.25) is 4.98 Å². The minimum Gasteiger partial charge on any atom is -0.252 e. The fourth-order valence-corrected chi connectivity index (χ4v) is 6.06. The molecule has 0 spiro atoms. The van der Waals surface area contributed by atoms with Gasteiger partial charge in [-0.2, -0.15) is 12.6 Å². The number of pyridine rings is 1. The minimum absolute atomic E-state index is 0.188. The largest absolute Gasteiger partial charge is 0.252 e. The number of hydrogen-bond acceptors (Lipinski definition) is 2. The molecular formula is C38H46ClNS. The van der Waals surface area contributed by atoms with Crippen molar-refractivity contribution in [3.05, 3.63) is 124 Å². The highest BCUT2D eigenvalue weighted by Crippen LogP contribution is 2.49. The molecule has 0 amide bonds. The molecule has 0 radical (unpaired) electrons. The van der Waals surface area contributed by atoms with E-state index in [1.54, 1.807) is 0 Å². The van der Waals surface area contributed by atoms with E-state index in [2.05, 4.69) is 113 Å². The summed E-state index contributed by atoms with van der Waals surface area (Å²) in [5.74, 6) is 1.10. The molecular weight excluding hydrogens is 538 g/mol. The molecule has 5 rings (SSSR count). The van der Waals surface area contributed by atoms with Crippen molar-refractivity contribution >= 4 is 35.1 Å². The van der Waals surface area contributed by atoms with Gasteiger partial charge in [-0.05, 0) is 96.4 Å². The highest BCUT2D eigenvalue weighted by molar-refractivity contribution is 7.80. The van der Waals surface area contributed by atoms with Gasteiger partial charge in [-0.15, -0.1) is 0 Å². The second-order valence-corrected chi connectivity index (χ2v) is 13.4. The Balaban J connectivity index is 0.000000483. The van der Waals surface area contributed by atoms with Gasteiger partial charge in [-0.25, -0.2) is 0 Å². The van der Waals surface area contributed by atoms with Crippen LogP contribution in [0.15, 0.2) is 102 Å². The Kier molecular flexibility index (Phi) is 11.1. The average molecular weight is 584 g/mol. The lowest BCUT2D eigenvalue weighted by atomic mass is 9.82. The fraction of sp³-hybridized carbons (Fsp3) is 0.395. The summed E-state index contributed by atoms with van der Waals surface area (Å²) in [6.45, 7) is 9.16. The smallest absolute Gasteiger partial charge is 0.0720 e. The van der Waals surface area contributed by atoms with E-state index in [-0.39, 0.29) is 5.41 Å². The highest BCUT2D eigenvalue weighted by Gasteiger charge is 2.38. The van der Waals surface area contributed by atoms with Gasteiger partial charge in [0.15, 0.2) is 0 Å². The molecule has 0 bridgehead atoms. The maximum atomic E-state index is 6.13. The van der Waals surface area contributed by atoms with E-state index >= 15 is 0 Å². The van der Waals surface area contributed by atoms with Gasteiger partial charge in [0.1, 0.15) is 0 Å². The van der Waals surface area contributed by atoms with Gasteiger partial charge in [0, 0.05) is 22.5 Å². The number of nitrogens with zero attached hydrogens (tertiary/aromatic N) is 1. The van der Waals surface area contributed by atoms with Crippen molar-refractivity contribution in [1.29, 1.82) is 0 Å². The van der Waals surface area contributed by atoms with Gasteiger partial charge in [0.25, 0.3) is 0 Å². The lowest BCUT2D eigenvalue weighted by Crippen LogP contribution is -2.14. The third-order valence-electron chi connectivity index (χ3n) is 8.34. The topological polar surface area (TPSA) is 12.9 Å². The second-order valence-electron chi connectivity index (χ2n) is 12.6. The van der Waals surface area contributed by atoms with E-state index in [4.69, 9.17) is 16.6 Å². The van der Waals surface area contributed by atoms with Crippen molar-refractivity contribution in [2.45, 2.75) is 84.5 Å². The molecule has 2 aliphatic carbocycles. The Bertz CT molecular complexity index is 1430. The Labute approximate surface area is 258 Å². The predicted octanol–water partition coefficient (Wildman–Crippen LogP) is 11.2. The van der Waals surface area contributed by atoms with Crippen LogP contribution in [0.1, 0.15) is 83.0 Å². The molecule has 1 saturated carbocycles. The summed E-state index contributed by atoms with van der Waals surface area (Å²) in [4.78, 5) is 4.76. The molecule has 41 heavy (non-hydrogen) atoms. The van der Waals surface area contributed by atoms with E-state index in [0.717, 1.165) is 53.1 Å². The van der Waals surface area contributed by atoms with E-state index in [0.29, 0.717) is 5.41 Å². The van der Waals surface area contributed by atoms with Crippen molar-refractivity contribution in [3.8, 4) is 0 Å². The van der Waals surface area contributed by atoms with Crippen LogP contribution in [0, 0.1) is 5.41 Å². The summed E-state index contributed by atoms with van der Waals surface area (Å²) in [5, 5.41) is 1.84. The number of benzene rings is 2. The van der Waals surface area contributed by atoms with Gasteiger partial charge < -0.3 is 0 Å². The first kappa shape index (κ1) is 31.4. The van der Waals surface area contributed by atoms with Gasteiger partial charge in [0.2, 0.25) is 0 Å². The van der Waals surface area contributed by atoms with Crippen LogP contribution in [0.3, 0.4) is 0 Å². The van der Waals surface area contributed by atoms with Crippen LogP contribution < -0.4 is 0 Å². The Morgan fingerprint density at radius 2 is 1.80 bits per heavy atom. The summed E-state index contributed by atoms with van der Waals surface area (Å²) in [6, 6.07) is 19.0. The molecule has 3 heteroatoms. The third kappa shape index (κ3) is 9.48. The van der Waals surface area contributed by atoms with Crippen molar-refractivity contribution < 1.29 is 0 Å². The number of aromatic nitrogens is 1. The average Bonchev–Trinajstić information content (AvgIpc) is 3.78. The fourth-order valence-electron chi connectivity index (χ4n) is 5.36. The molecule has 1 heterocycles. The molecule has 0 atom stereocenters. The van der Waals surface area contributed by atoms with Crippen LogP contribution in [0.25, 0.3) is 10.9 Å². The standard InChI is InChI=1S/C32H34ClN.C6H12S/c1-32(2,3)30-17-7-6-14-26(30)15-8-12-24-10-4-5-11-25(22-24)13-9-16-29-21-19-27-18-20-28(33)23-31(27)34-29;1-2-6(5-7)3-4-6/h4-7,9,11,13-14,17-23H,8,10,12,15-16H2,1-3H3;7H,2-5H2,1H3/b13-9+;. The summed E-state index contributed by atoms with van der Waals surface area (Å²) in [7, 11) is 0.